The van der Waals surface area contributed by atoms with Gasteiger partial charge in [-0.2, -0.15) is 0 Å². The van der Waals surface area contributed by atoms with E-state index < -0.39 is 0 Å². The van der Waals surface area contributed by atoms with Crippen LogP contribution < -0.4 is 4.90 Å². The SMILES string of the molecule is CN(Cc1nccc(N2CCOCC2)n1)Cc1cc(-c2cccc3[nH]ccc23)cs1. The Bertz CT molecular complexity index is 1130. The summed E-state index contributed by atoms with van der Waals surface area (Å²) in [7, 11) is 2.12. The van der Waals surface area contributed by atoms with Gasteiger partial charge >= 0.3 is 0 Å². The smallest absolute Gasteiger partial charge is 0.144 e. The number of nitrogens with zero attached hydrogens (tertiary/aromatic N) is 4. The highest BCUT2D eigenvalue weighted by molar-refractivity contribution is 7.10. The molecule has 0 atom stereocenters. The maximum Gasteiger partial charge on any atom is 0.144 e. The molecular formula is C23H25N5OS. The summed E-state index contributed by atoms with van der Waals surface area (Å²) in [5, 5.41) is 3.52. The van der Waals surface area contributed by atoms with Gasteiger partial charge in [0.25, 0.3) is 0 Å². The van der Waals surface area contributed by atoms with Crippen LogP contribution in [-0.2, 0) is 17.8 Å². The normalized spacial score (nSPS) is 14.7. The molecule has 0 bridgehead atoms. The van der Waals surface area contributed by atoms with Gasteiger partial charge in [0.05, 0.1) is 19.8 Å². The number of anilines is 1. The van der Waals surface area contributed by atoms with Gasteiger partial charge in [0.2, 0.25) is 0 Å². The zero-order valence-electron chi connectivity index (χ0n) is 17.0. The van der Waals surface area contributed by atoms with Crippen molar-refractivity contribution in [2.24, 2.45) is 0 Å². The second kappa shape index (κ2) is 8.55. The van der Waals surface area contributed by atoms with Crippen LogP contribution in [0.1, 0.15) is 10.7 Å². The summed E-state index contributed by atoms with van der Waals surface area (Å²) in [5.41, 5.74) is 3.73. The molecule has 6 nitrogen and oxygen atoms in total. The van der Waals surface area contributed by atoms with Gasteiger partial charge in [-0.3, -0.25) is 4.90 Å². The maximum absolute atomic E-state index is 5.44. The fraction of sp³-hybridized carbons (Fsp3) is 0.304. The van der Waals surface area contributed by atoms with Crippen LogP contribution >= 0.6 is 11.3 Å². The first kappa shape index (κ1) is 19.2. The minimum atomic E-state index is 0.721. The number of nitrogens with one attached hydrogen (secondary N) is 1. The van der Waals surface area contributed by atoms with Crippen molar-refractivity contribution < 1.29 is 4.74 Å². The Morgan fingerprint density at radius 1 is 1.17 bits per heavy atom. The summed E-state index contributed by atoms with van der Waals surface area (Å²) in [6, 6.07) is 12.8. The first-order chi connectivity index (χ1) is 14.8. The molecule has 154 valence electrons. The first-order valence-electron chi connectivity index (χ1n) is 10.2. The van der Waals surface area contributed by atoms with E-state index in [9.17, 15) is 0 Å². The summed E-state index contributed by atoms with van der Waals surface area (Å²) in [4.78, 5) is 18.4. The lowest BCUT2D eigenvalue weighted by atomic mass is 10.0. The molecule has 0 amide bonds. The average molecular weight is 420 g/mol. The molecule has 7 heteroatoms. The quantitative estimate of drug-likeness (QED) is 0.509. The van der Waals surface area contributed by atoms with E-state index in [1.165, 1.54) is 26.9 Å². The Balaban J connectivity index is 1.26. The van der Waals surface area contributed by atoms with Crippen molar-refractivity contribution >= 4 is 28.1 Å². The van der Waals surface area contributed by atoms with Crippen LogP contribution in [0.3, 0.4) is 0 Å². The number of aromatic amines is 1. The Kier molecular flexibility index (Phi) is 5.48. The third kappa shape index (κ3) is 4.09. The molecule has 4 aromatic rings. The van der Waals surface area contributed by atoms with Crippen molar-refractivity contribution in [3.8, 4) is 11.1 Å². The number of aromatic nitrogens is 3. The molecule has 1 aliphatic rings. The molecule has 1 fully saturated rings. The van der Waals surface area contributed by atoms with E-state index in [0.29, 0.717) is 0 Å². The summed E-state index contributed by atoms with van der Waals surface area (Å²) in [5.74, 6) is 1.85. The van der Waals surface area contributed by atoms with Crippen LogP contribution in [0.15, 0.2) is 54.2 Å². The first-order valence-corrected chi connectivity index (χ1v) is 11.1. The summed E-state index contributed by atoms with van der Waals surface area (Å²) in [6.07, 6.45) is 3.86. The van der Waals surface area contributed by atoms with Gasteiger partial charge in [0.1, 0.15) is 11.6 Å². The molecule has 0 unspecified atom stereocenters. The van der Waals surface area contributed by atoms with Gasteiger partial charge in [-0.25, -0.2) is 9.97 Å². The fourth-order valence-electron chi connectivity index (χ4n) is 3.94. The van der Waals surface area contributed by atoms with Gasteiger partial charge in [-0.1, -0.05) is 12.1 Å². The molecule has 3 aromatic heterocycles. The molecule has 1 aromatic carbocycles. The Morgan fingerprint density at radius 3 is 2.97 bits per heavy atom. The predicted octanol–water partition coefficient (Wildman–Crippen LogP) is 4.16. The van der Waals surface area contributed by atoms with E-state index in [4.69, 9.17) is 9.72 Å². The number of thiophene rings is 1. The van der Waals surface area contributed by atoms with Crippen molar-refractivity contribution in [2.75, 3.05) is 38.3 Å². The number of fused-ring (bicyclic) bond motifs is 1. The van der Waals surface area contributed by atoms with Crippen LogP contribution in [0.25, 0.3) is 22.0 Å². The molecule has 30 heavy (non-hydrogen) atoms. The number of morpholine rings is 1. The lowest BCUT2D eigenvalue weighted by Crippen LogP contribution is -2.37. The van der Waals surface area contributed by atoms with Crippen molar-refractivity contribution in [3.63, 3.8) is 0 Å². The van der Waals surface area contributed by atoms with E-state index in [1.54, 1.807) is 11.3 Å². The van der Waals surface area contributed by atoms with E-state index >= 15 is 0 Å². The van der Waals surface area contributed by atoms with Gasteiger partial charge in [0, 0.05) is 47.8 Å². The summed E-state index contributed by atoms with van der Waals surface area (Å²) in [6.45, 7) is 4.89. The maximum atomic E-state index is 5.44. The van der Waals surface area contributed by atoms with Crippen LogP contribution in [0.2, 0.25) is 0 Å². The van der Waals surface area contributed by atoms with E-state index in [1.807, 2.05) is 18.5 Å². The molecule has 1 aliphatic heterocycles. The van der Waals surface area contributed by atoms with E-state index in [-0.39, 0.29) is 0 Å². The number of benzene rings is 1. The van der Waals surface area contributed by atoms with Gasteiger partial charge in [-0.15, -0.1) is 11.3 Å². The second-order valence-corrected chi connectivity index (χ2v) is 8.64. The molecule has 5 rings (SSSR count). The molecule has 1 saturated heterocycles. The number of rotatable bonds is 6. The second-order valence-electron chi connectivity index (χ2n) is 7.65. The van der Waals surface area contributed by atoms with Gasteiger partial charge in [-0.05, 0) is 47.8 Å². The number of H-pyrrole nitrogens is 1. The van der Waals surface area contributed by atoms with Crippen molar-refractivity contribution in [2.45, 2.75) is 13.1 Å². The minimum Gasteiger partial charge on any atom is -0.378 e. The monoisotopic (exact) mass is 419 g/mol. The van der Waals surface area contributed by atoms with Crippen LogP contribution in [0.5, 0.6) is 0 Å². The average Bonchev–Trinajstić information content (AvgIpc) is 3.44. The van der Waals surface area contributed by atoms with Crippen LogP contribution in [-0.4, -0.2) is 53.2 Å². The zero-order valence-corrected chi connectivity index (χ0v) is 17.9. The fourth-order valence-corrected chi connectivity index (χ4v) is 4.90. The minimum absolute atomic E-state index is 0.721. The highest BCUT2D eigenvalue weighted by atomic mass is 32.1. The van der Waals surface area contributed by atoms with E-state index in [2.05, 4.69) is 62.5 Å². The highest BCUT2D eigenvalue weighted by Gasteiger charge is 2.14. The number of hydrogen-bond donors (Lipinski definition) is 1. The highest BCUT2D eigenvalue weighted by Crippen LogP contribution is 2.32. The summed E-state index contributed by atoms with van der Waals surface area (Å²) < 4.78 is 5.44. The molecule has 0 radical (unpaired) electrons. The lowest BCUT2D eigenvalue weighted by Gasteiger charge is -2.28. The number of hydrogen-bond acceptors (Lipinski definition) is 6. The number of ether oxygens (including phenoxy) is 1. The van der Waals surface area contributed by atoms with Crippen LogP contribution in [0, 0.1) is 0 Å². The summed E-state index contributed by atoms with van der Waals surface area (Å²) >= 11 is 1.81. The zero-order chi connectivity index (χ0) is 20.3. The molecule has 0 saturated carbocycles. The largest absolute Gasteiger partial charge is 0.378 e. The lowest BCUT2D eigenvalue weighted by molar-refractivity contribution is 0.122. The van der Waals surface area contributed by atoms with Crippen molar-refractivity contribution in [3.05, 3.63) is 64.9 Å². The topological polar surface area (TPSA) is 57.3 Å². The van der Waals surface area contributed by atoms with Gasteiger partial charge < -0.3 is 14.6 Å². The Hall–Kier alpha value is -2.74. The van der Waals surface area contributed by atoms with Crippen molar-refractivity contribution in [1.82, 2.24) is 19.9 Å². The molecule has 0 spiro atoms. The van der Waals surface area contributed by atoms with E-state index in [0.717, 1.165) is 51.0 Å². The Labute approximate surface area is 180 Å². The third-order valence-electron chi connectivity index (χ3n) is 5.42. The predicted molar refractivity (Wildman–Crippen MR) is 122 cm³/mol. The van der Waals surface area contributed by atoms with Crippen molar-refractivity contribution in [1.29, 1.82) is 0 Å². The molecule has 0 aliphatic carbocycles. The standard InChI is InChI=1S/C23H25N5OS/c1-27(15-22-25-8-6-23(26-22)28-9-11-29-12-10-28)14-18-13-17(16-30-18)19-3-2-4-21-20(19)5-7-24-21/h2-8,13,16,24H,9-12,14-15H2,1H3. The third-order valence-corrected chi connectivity index (χ3v) is 6.34. The Morgan fingerprint density at radius 2 is 2.07 bits per heavy atom. The molecule has 1 N–H and O–H groups in total. The van der Waals surface area contributed by atoms with Crippen LogP contribution in [0.4, 0.5) is 5.82 Å². The molecule has 4 heterocycles. The molecular weight excluding hydrogens is 394 g/mol. The van der Waals surface area contributed by atoms with Gasteiger partial charge in [0.15, 0.2) is 0 Å².